The van der Waals surface area contributed by atoms with Gasteiger partial charge in [-0.25, -0.2) is 8.78 Å². The molecule has 1 aromatic carbocycles. The molecule has 1 saturated carbocycles. The van der Waals surface area contributed by atoms with E-state index in [4.69, 9.17) is 0 Å². The molecule has 0 bridgehead atoms. The van der Waals surface area contributed by atoms with E-state index < -0.39 is 5.92 Å². The van der Waals surface area contributed by atoms with E-state index in [-0.39, 0.29) is 30.6 Å². The van der Waals surface area contributed by atoms with Crippen molar-refractivity contribution in [1.29, 1.82) is 0 Å². The Bertz CT molecular complexity index is 513. The van der Waals surface area contributed by atoms with E-state index in [9.17, 15) is 13.6 Å². The summed E-state index contributed by atoms with van der Waals surface area (Å²) in [5.74, 6) is -2.28. The van der Waals surface area contributed by atoms with Crippen molar-refractivity contribution in [3.8, 4) is 0 Å². The number of amides is 1. The number of hydrogen-bond donors (Lipinski definition) is 1. The average Bonchev–Trinajstić information content (AvgIpc) is 2.92. The summed E-state index contributed by atoms with van der Waals surface area (Å²) in [5.41, 5.74) is 1.09. The third-order valence-electron chi connectivity index (χ3n) is 4.64. The Balaban J connectivity index is 1.39. The molecular weight excluding hydrogens is 286 g/mol. The molecule has 1 aliphatic carbocycles. The Morgan fingerprint density at radius 3 is 2.68 bits per heavy atom. The second-order valence-electron chi connectivity index (χ2n) is 6.58. The Kier molecular flexibility index (Phi) is 4.43. The molecule has 0 unspecified atom stereocenters. The van der Waals surface area contributed by atoms with Crippen molar-refractivity contribution in [3.05, 3.63) is 35.9 Å². The van der Waals surface area contributed by atoms with Gasteiger partial charge in [-0.1, -0.05) is 30.3 Å². The lowest BCUT2D eigenvalue weighted by Gasteiger charge is -2.37. The van der Waals surface area contributed by atoms with Gasteiger partial charge in [-0.05, 0) is 24.4 Å². The first-order valence-electron chi connectivity index (χ1n) is 7.94. The summed E-state index contributed by atoms with van der Waals surface area (Å²) in [6.45, 7) is 2.79. The van der Waals surface area contributed by atoms with Crippen LogP contribution in [0.4, 0.5) is 8.78 Å². The molecule has 3 nitrogen and oxygen atoms in total. The fourth-order valence-electron chi connectivity index (χ4n) is 3.42. The summed E-state index contributed by atoms with van der Waals surface area (Å²) in [7, 11) is 0. The van der Waals surface area contributed by atoms with Gasteiger partial charge < -0.3 is 10.2 Å². The number of rotatable bonds is 5. The molecule has 0 spiro atoms. The van der Waals surface area contributed by atoms with Crippen LogP contribution in [0.15, 0.2) is 30.3 Å². The van der Waals surface area contributed by atoms with Crippen LogP contribution in [0.3, 0.4) is 0 Å². The molecule has 1 atom stereocenters. The SMILES string of the molecule is O=C(NCc1ccccc1)[C@H]1CCN(CC2CC(F)(F)C2)C1. The lowest BCUT2D eigenvalue weighted by atomic mass is 9.81. The van der Waals surface area contributed by atoms with Crippen LogP contribution in [0, 0.1) is 11.8 Å². The highest BCUT2D eigenvalue weighted by Gasteiger charge is 2.46. The number of alkyl halides is 2. The number of halogens is 2. The minimum Gasteiger partial charge on any atom is -0.352 e. The highest BCUT2D eigenvalue weighted by atomic mass is 19.3. The second kappa shape index (κ2) is 6.32. The maximum Gasteiger partial charge on any atom is 0.248 e. The number of nitrogens with zero attached hydrogens (tertiary/aromatic N) is 1. The van der Waals surface area contributed by atoms with Crippen molar-refractivity contribution in [2.45, 2.75) is 31.7 Å². The minimum atomic E-state index is -2.45. The lowest BCUT2D eigenvalue weighted by molar-refractivity contribution is -0.125. The van der Waals surface area contributed by atoms with Crippen LogP contribution in [-0.2, 0) is 11.3 Å². The Morgan fingerprint density at radius 1 is 1.27 bits per heavy atom. The van der Waals surface area contributed by atoms with Crippen molar-refractivity contribution in [2.75, 3.05) is 19.6 Å². The van der Waals surface area contributed by atoms with Crippen LogP contribution in [0.25, 0.3) is 0 Å². The molecule has 1 N–H and O–H groups in total. The second-order valence-corrected chi connectivity index (χ2v) is 6.58. The largest absolute Gasteiger partial charge is 0.352 e. The van der Waals surface area contributed by atoms with Crippen molar-refractivity contribution < 1.29 is 13.6 Å². The molecule has 1 amide bonds. The Morgan fingerprint density at radius 2 is 2.00 bits per heavy atom. The van der Waals surface area contributed by atoms with E-state index in [2.05, 4.69) is 10.2 Å². The van der Waals surface area contributed by atoms with Crippen LogP contribution in [-0.4, -0.2) is 36.4 Å². The van der Waals surface area contributed by atoms with E-state index in [1.165, 1.54) is 0 Å². The maximum absolute atomic E-state index is 12.8. The summed E-state index contributed by atoms with van der Waals surface area (Å²) >= 11 is 0. The molecular formula is C17H22F2N2O. The fraction of sp³-hybridized carbons (Fsp3) is 0.588. The summed E-state index contributed by atoms with van der Waals surface area (Å²) in [6.07, 6.45) is 0.840. The van der Waals surface area contributed by atoms with Gasteiger partial charge in [0.1, 0.15) is 0 Å². The minimum absolute atomic E-state index is 0.00830. The number of carbonyl (C=O) groups is 1. The van der Waals surface area contributed by atoms with Crippen LogP contribution in [0.2, 0.25) is 0 Å². The molecule has 1 heterocycles. The van der Waals surface area contributed by atoms with Gasteiger partial charge in [0.2, 0.25) is 11.8 Å². The molecule has 1 aromatic rings. The molecule has 120 valence electrons. The normalized spacial score (nSPS) is 24.9. The molecule has 2 aliphatic rings. The van der Waals surface area contributed by atoms with E-state index >= 15 is 0 Å². The predicted octanol–water partition coefficient (Wildman–Crippen LogP) is 2.67. The van der Waals surface area contributed by atoms with Crippen LogP contribution in [0.5, 0.6) is 0 Å². The fourth-order valence-corrected chi connectivity index (χ4v) is 3.42. The summed E-state index contributed by atoms with van der Waals surface area (Å²) in [4.78, 5) is 14.3. The topological polar surface area (TPSA) is 32.3 Å². The number of likely N-dealkylation sites (tertiary alicyclic amines) is 1. The number of nitrogens with one attached hydrogen (secondary N) is 1. The van der Waals surface area contributed by atoms with Gasteiger partial charge in [-0.3, -0.25) is 4.79 Å². The molecule has 0 radical (unpaired) electrons. The van der Waals surface area contributed by atoms with Gasteiger partial charge >= 0.3 is 0 Å². The first kappa shape index (κ1) is 15.4. The van der Waals surface area contributed by atoms with E-state index in [1.54, 1.807) is 0 Å². The van der Waals surface area contributed by atoms with Crippen molar-refractivity contribution in [1.82, 2.24) is 10.2 Å². The molecule has 22 heavy (non-hydrogen) atoms. The number of carbonyl (C=O) groups excluding carboxylic acids is 1. The van der Waals surface area contributed by atoms with Crippen molar-refractivity contribution in [2.24, 2.45) is 11.8 Å². The first-order valence-corrected chi connectivity index (χ1v) is 7.94. The van der Waals surface area contributed by atoms with Crippen LogP contribution < -0.4 is 5.32 Å². The zero-order valence-corrected chi connectivity index (χ0v) is 12.6. The van der Waals surface area contributed by atoms with Gasteiger partial charge in [0.25, 0.3) is 0 Å². The van der Waals surface area contributed by atoms with Crippen LogP contribution in [0.1, 0.15) is 24.8 Å². The Hall–Kier alpha value is -1.49. The zero-order chi connectivity index (χ0) is 15.6. The van der Waals surface area contributed by atoms with Crippen molar-refractivity contribution >= 4 is 5.91 Å². The number of benzene rings is 1. The monoisotopic (exact) mass is 308 g/mol. The molecule has 1 aliphatic heterocycles. The summed E-state index contributed by atoms with van der Waals surface area (Å²) in [6, 6.07) is 9.82. The van der Waals surface area contributed by atoms with Gasteiger partial charge in [-0.15, -0.1) is 0 Å². The maximum atomic E-state index is 12.8. The third-order valence-corrected chi connectivity index (χ3v) is 4.64. The van der Waals surface area contributed by atoms with E-state index in [1.807, 2.05) is 30.3 Å². The predicted molar refractivity (Wildman–Crippen MR) is 80.5 cm³/mol. The summed E-state index contributed by atoms with van der Waals surface area (Å²) < 4.78 is 25.7. The van der Waals surface area contributed by atoms with Gasteiger partial charge in [0, 0.05) is 32.5 Å². The molecule has 5 heteroatoms. The first-order chi connectivity index (χ1) is 10.5. The average molecular weight is 308 g/mol. The molecule has 0 aromatic heterocycles. The smallest absolute Gasteiger partial charge is 0.248 e. The lowest BCUT2D eigenvalue weighted by Crippen LogP contribution is -2.42. The highest BCUT2D eigenvalue weighted by molar-refractivity contribution is 5.79. The molecule has 1 saturated heterocycles. The van der Waals surface area contributed by atoms with Gasteiger partial charge in [0.15, 0.2) is 0 Å². The molecule has 2 fully saturated rings. The standard InChI is InChI=1S/C17H22F2N2O/c18-17(19)8-14(9-17)11-21-7-6-15(12-21)16(22)20-10-13-4-2-1-3-5-13/h1-5,14-15H,6-12H2,(H,20,22)/t15-/m0/s1. The molecule has 3 rings (SSSR count). The van der Waals surface area contributed by atoms with Gasteiger partial charge in [0.05, 0.1) is 5.92 Å². The van der Waals surface area contributed by atoms with E-state index in [0.717, 1.165) is 18.5 Å². The quantitative estimate of drug-likeness (QED) is 0.907. The summed E-state index contributed by atoms with van der Waals surface area (Å²) in [5, 5.41) is 2.97. The van der Waals surface area contributed by atoms with Crippen molar-refractivity contribution in [3.63, 3.8) is 0 Å². The zero-order valence-electron chi connectivity index (χ0n) is 12.6. The van der Waals surface area contributed by atoms with E-state index in [0.29, 0.717) is 19.6 Å². The number of hydrogen-bond acceptors (Lipinski definition) is 2. The third kappa shape index (κ3) is 3.83. The Labute approximate surface area is 129 Å². The van der Waals surface area contributed by atoms with Crippen LogP contribution >= 0.6 is 0 Å². The highest BCUT2D eigenvalue weighted by Crippen LogP contribution is 2.43. The van der Waals surface area contributed by atoms with Gasteiger partial charge in [-0.2, -0.15) is 0 Å².